The monoisotopic (exact) mass is 282 g/mol. The molecule has 0 unspecified atom stereocenters. The lowest BCUT2D eigenvalue weighted by molar-refractivity contribution is -0.130. The van der Waals surface area contributed by atoms with Gasteiger partial charge in [0.2, 0.25) is 5.91 Å². The van der Waals surface area contributed by atoms with Gasteiger partial charge in [-0.15, -0.1) is 11.3 Å². The topological polar surface area (TPSA) is 79.5 Å². The van der Waals surface area contributed by atoms with E-state index in [4.69, 9.17) is 5.73 Å². The third kappa shape index (κ3) is 3.30. The number of nitrogens with zero attached hydrogens (tertiary/aromatic N) is 3. The third-order valence-electron chi connectivity index (χ3n) is 3.14. The third-order valence-corrected chi connectivity index (χ3v) is 4.05. The molecule has 1 saturated heterocycles. The normalized spacial score (nSPS) is 15.7. The van der Waals surface area contributed by atoms with E-state index >= 15 is 0 Å². The van der Waals surface area contributed by atoms with E-state index in [1.807, 2.05) is 0 Å². The van der Waals surface area contributed by atoms with Gasteiger partial charge in [0, 0.05) is 44.9 Å². The van der Waals surface area contributed by atoms with Crippen molar-refractivity contribution >= 4 is 23.2 Å². The van der Waals surface area contributed by atoms with Gasteiger partial charge in [-0.1, -0.05) is 0 Å². The molecule has 1 aliphatic rings. The van der Waals surface area contributed by atoms with Crippen LogP contribution in [0.25, 0.3) is 0 Å². The summed E-state index contributed by atoms with van der Waals surface area (Å²) >= 11 is 1.47. The fourth-order valence-corrected chi connectivity index (χ4v) is 2.82. The molecule has 0 atom stereocenters. The Balaban J connectivity index is 1.95. The Bertz CT molecular complexity index is 466. The second-order valence-electron chi connectivity index (χ2n) is 4.46. The van der Waals surface area contributed by atoms with E-state index in [1.54, 1.807) is 22.1 Å². The van der Waals surface area contributed by atoms with Crippen molar-refractivity contribution in [3.05, 3.63) is 16.1 Å². The lowest BCUT2D eigenvalue weighted by Gasteiger charge is -2.33. The Morgan fingerprint density at radius 3 is 2.53 bits per heavy atom. The number of carbonyl (C=O) groups excluding carboxylic acids is 2. The van der Waals surface area contributed by atoms with Crippen LogP contribution in [0.5, 0.6) is 0 Å². The number of carbonyl (C=O) groups is 2. The molecule has 0 saturated carbocycles. The van der Waals surface area contributed by atoms with E-state index in [1.165, 1.54) is 11.3 Å². The van der Waals surface area contributed by atoms with Gasteiger partial charge in [0.1, 0.15) is 5.69 Å². The van der Waals surface area contributed by atoms with Crippen molar-refractivity contribution in [1.82, 2.24) is 14.8 Å². The minimum atomic E-state index is -0.0530. The number of aromatic nitrogens is 1. The minimum absolute atomic E-state index is 0.0530. The Morgan fingerprint density at radius 1 is 1.32 bits per heavy atom. The molecular formula is C12H18N4O2S. The Morgan fingerprint density at radius 2 is 1.95 bits per heavy atom. The van der Waals surface area contributed by atoms with Gasteiger partial charge < -0.3 is 15.5 Å². The molecule has 2 rings (SSSR count). The average molecular weight is 282 g/mol. The van der Waals surface area contributed by atoms with Crippen LogP contribution in [-0.4, -0.2) is 59.3 Å². The van der Waals surface area contributed by atoms with Crippen LogP contribution < -0.4 is 5.73 Å². The summed E-state index contributed by atoms with van der Waals surface area (Å²) in [5, 5.41) is 2.68. The number of piperazine rings is 1. The summed E-state index contributed by atoms with van der Waals surface area (Å²) < 4.78 is 0. The number of thiazole rings is 1. The second kappa shape index (κ2) is 6.12. The molecular weight excluding hydrogens is 264 g/mol. The van der Waals surface area contributed by atoms with Crippen LogP contribution >= 0.6 is 11.3 Å². The molecule has 104 valence electrons. The van der Waals surface area contributed by atoms with E-state index in [0.29, 0.717) is 44.8 Å². The fourth-order valence-electron chi connectivity index (χ4n) is 2.03. The van der Waals surface area contributed by atoms with Crippen LogP contribution in [0.1, 0.15) is 22.4 Å². The quantitative estimate of drug-likeness (QED) is 0.843. The Hall–Kier alpha value is -1.47. The highest BCUT2D eigenvalue weighted by Gasteiger charge is 2.24. The summed E-state index contributed by atoms with van der Waals surface area (Å²) in [6, 6.07) is 0. The summed E-state index contributed by atoms with van der Waals surface area (Å²) in [7, 11) is 0. The van der Waals surface area contributed by atoms with Gasteiger partial charge in [0.05, 0.1) is 5.01 Å². The first-order valence-electron chi connectivity index (χ1n) is 6.31. The van der Waals surface area contributed by atoms with E-state index in [2.05, 4.69) is 4.98 Å². The molecule has 0 spiro atoms. The van der Waals surface area contributed by atoms with Crippen molar-refractivity contribution in [2.45, 2.75) is 13.3 Å². The SMILES string of the molecule is CC(=O)N1CCN(C(=O)c2csc(CCN)n2)CC1. The van der Waals surface area contributed by atoms with Crippen molar-refractivity contribution in [3.63, 3.8) is 0 Å². The van der Waals surface area contributed by atoms with Crippen molar-refractivity contribution in [2.75, 3.05) is 32.7 Å². The fraction of sp³-hybridized carbons (Fsp3) is 0.583. The molecule has 1 fully saturated rings. The molecule has 19 heavy (non-hydrogen) atoms. The first kappa shape index (κ1) is 14.0. The standard InChI is InChI=1S/C12H18N4O2S/c1-9(17)15-4-6-16(7-5-15)12(18)10-8-19-11(14-10)2-3-13/h8H,2-7,13H2,1H3. The highest BCUT2D eigenvalue weighted by molar-refractivity contribution is 7.09. The molecule has 6 nitrogen and oxygen atoms in total. The lowest BCUT2D eigenvalue weighted by Crippen LogP contribution is -2.50. The minimum Gasteiger partial charge on any atom is -0.339 e. The first-order chi connectivity index (χ1) is 9.11. The average Bonchev–Trinajstić information content (AvgIpc) is 2.87. The molecule has 1 aromatic rings. The Labute approximate surface area is 116 Å². The van der Waals surface area contributed by atoms with Gasteiger partial charge >= 0.3 is 0 Å². The van der Waals surface area contributed by atoms with Crippen molar-refractivity contribution in [3.8, 4) is 0 Å². The van der Waals surface area contributed by atoms with E-state index in [0.717, 1.165) is 5.01 Å². The smallest absolute Gasteiger partial charge is 0.273 e. The van der Waals surface area contributed by atoms with E-state index < -0.39 is 0 Å². The zero-order valence-electron chi connectivity index (χ0n) is 11.0. The van der Waals surface area contributed by atoms with Crippen molar-refractivity contribution in [2.24, 2.45) is 5.73 Å². The van der Waals surface area contributed by atoms with Crippen LogP contribution in [0.2, 0.25) is 0 Å². The van der Waals surface area contributed by atoms with Crippen LogP contribution in [0, 0.1) is 0 Å². The zero-order valence-corrected chi connectivity index (χ0v) is 11.8. The highest BCUT2D eigenvalue weighted by Crippen LogP contribution is 2.13. The maximum atomic E-state index is 12.2. The van der Waals surface area contributed by atoms with Crippen LogP contribution in [0.3, 0.4) is 0 Å². The van der Waals surface area contributed by atoms with Crippen molar-refractivity contribution < 1.29 is 9.59 Å². The zero-order chi connectivity index (χ0) is 13.8. The van der Waals surface area contributed by atoms with Gasteiger partial charge in [0.25, 0.3) is 5.91 Å². The molecule has 7 heteroatoms. The van der Waals surface area contributed by atoms with Gasteiger partial charge in [-0.3, -0.25) is 9.59 Å². The first-order valence-corrected chi connectivity index (χ1v) is 7.19. The number of hydrogen-bond donors (Lipinski definition) is 1. The lowest BCUT2D eigenvalue weighted by atomic mass is 10.3. The molecule has 2 amide bonds. The maximum Gasteiger partial charge on any atom is 0.273 e. The number of rotatable bonds is 3. The van der Waals surface area contributed by atoms with Gasteiger partial charge in [0.15, 0.2) is 0 Å². The highest BCUT2D eigenvalue weighted by atomic mass is 32.1. The van der Waals surface area contributed by atoms with Crippen LogP contribution in [0.4, 0.5) is 0 Å². The maximum absolute atomic E-state index is 12.2. The van der Waals surface area contributed by atoms with Crippen molar-refractivity contribution in [1.29, 1.82) is 0 Å². The molecule has 1 aliphatic heterocycles. The number of hydrogen-bond acceptors (Lipinski definition) is 5. The molecule has 0 bridgehead atoms. The summed E-state index contributed by atoms with van der Waals surface area (Å²) in [4.78, 5) is 31.3. The molecule has 1 aromatic heterocycles. The molecule has 0 radical (unpaired) electrons. The van der Waals surface area contributed by atoms with E-state index in [9.17, 15) is 9.59 Å². The van der Waals surface area contributed by atoms with Gasteiger partial charge in [-0.2, -0.15) is 0 Å². The van der Waals surface area contributed by atoms with Crippen LogP contribution in [0.15, 0.2) is 5.38 Å². The predicted octanol–water partition coefficient (Wildman–Crippen LogP) is -0.0514. The number of amides is 2. The van der Waals surface area contributed by atoms with E-state index in [-0.39, 0.29) is 11.8 Å². The summed E-state index contributed by atoms with van der Waals surface area (Å²) in [5.41, 5.74) is 5.96. The molecule has 2 heterocycles. The molecule has 2 N–H and O–H groups in total. The number of nitrogens with two attached hydrogens (primary N) is 1. The molecule has 0 aromatic carbocycles. The summed E-state index contributed by atoms with van der Waals surface area (Å²) in [6.45, 7) is 4.43. The van der Waals surface area contributed by atoms with Gasteiger partial charge in [-0.25, -0.2) is 4.98 Å². The second-order valence-corrected chi connectivity index (χ2v) is 5.41. The van der Waals surface area contributed by atoms with Crippen LogP contribution in [-0.2, 0) is 11.2 Å². The molecule has 0 aliphatic carbocycles. The largest absolute Gasteiger partial charge is 0.339 e. The van der Waals surface area contributed by atoms with Gasteiger partial charge in [-0.05, 0) is 6.54 Å². The summed E-state index contributed by atoms with van der Waals surface area (Å²) in [6.07, 6.45) is 0.704. The predicted molar refractivity (Wildman–Crippen MR) is 73.0 cm³/mol. The Kier molecular flexibility index (Phi) is 4.49. The summed E-state index contributed by atoms with van der Waals surface area (Å²) in [5.74, 6) is 0.00807.